The highest BCUT2D eigenvalue weighted by Gasteiger charge is 2.14. The second kappa shape index (κ2) is 9.36. The lowest BCUT2D eigenvalue weighted by Crippen LogP contribution is -2.45. The number of anilines is 2. The number of likely N-dealkylation sites (N-methyl/N-ethyl adjacent to an activating group) is 1. The Hall–Kier alpha value is -2.37. The number of hydrogen-bond donors (Lipinski definition) is 2. The van der Waals surface area contributed by atoms with E-state index in [1.807, 2.05) is 54.6 Å². The minimum absolute atomic E-state index is 0.0255. The molecule has 1 saturated heterocycles. The summed E-state index contributed by atoms with van der Waals surface area (Å²) in [6, 6.07) is 17.5. The van der Waals surface area contributed by atoms with Gasteiger partial charge in [-0.25, -0.2) is 0 Å². The molecule has 5 heteroatoms. The van der Waals surface area contributed by atoms with Crippen LogP contribution < -0.4 is 10.6 Å². The van der Waals surface area contributed by atoms with Crippen LogP contribution in [0.4, 0.5) is 11.4 Å². The van der Waals surface area contributed by atoms with Gasteiger partial charge in [-0.3, -0.25) is 4.79 Å². The van der Waals surface area contributed by atoms with E-state index >= 15 is 0 Å². The SMILES string of the molecule is CN1CCN(CCCNC(=O)c2ccccc2Nc2ccccc2)CC1. The van der Waals surface area contributed by atoms with Crippen LogP contribution in [0.5, 0.6) is 0 Å². The first-order chi connectivity index (χ1) is 12.7. The first-order valence-electron chi connectivity index (χ1n) is 9.32. The molecule has 2 N–H and O–H groups in total. The second-order valence-corrected chi connectivity index (χ2v) is 6.79. The fourth-order valence-corrected chi connectivity index (χ4v) is 3.14. The summed E-state index contributed by atoms with van der Waals surface area (Å²) >= 11 is 0. The van der Waals surface area contributed by atoms with Gasteiger partial charge in [0.1, 0.15) is 0 Å². The van der Waals surface area contributed by atoms with E-state index in [-0.39, 0.29) is 5.91 Å². The minimum atomic E-state index is -0.0255. The van der Waals surface area contributed by atoms with Crippen molar-refractivity contribution >= 4 is 17.3 Å². The molecule has 2 aromatic rings. The summed E-state index contributed by atoms with van der Waals surface area (Å²) in [5.74, 6) is -0.0255. The van der Waals surface area contributed by atoms with Crippen LogP contribution in [0.3, 0.4) is 0 Å². The van der Waals surface area contributed by atoms with Crippen molar-refractivity contribution in [3.63, 3.8) is 0 Å². The van der Waals surface area contributed by atoms with Gasteiger partial charge in [0.2, 0.25) is 0 Å². The molecular formula is C21H28N4O. The Balaban J connectivity index is 1.48. The fraction of sp³-hybridized carbons (Fsp3) is 0.381. The first kappa shape index (κ1) is 18.4. The molecule has 1 fully saturated rings. The lowest BCUT2D eigenvalue weighted by atomic mass is 10.1. The molecule has 0 spiro atoms. The zero-order valence-corrected chi connectivity index (χ0v) is 15.4. The molecule has 1 aliphatic rings. The lowest BCUT2D eigenvalue weighted by Gasteiger charge is -2.32. The number of benzene rings is 2. The van der Waals surface area contributed by atoms with Gasteiger partial charge in [-0.05, 0) is 44.3 Å². The molecule has 0 saturated carbocycles. The highest BCUT2D eigenvalue weighted by molar-refractivity contribution is 6.00. The predicted molar refractivity (Wildman–Crippen MR) is 107 cm³/mol. The third-order valence-electron chi connectivity index (χ3n) is 4.76. The molecule has 1 amide bonds. The summed E-state index contributed by atoms with van der Waals surface area (Å²) in [6.07, 6.45) is 0.976. The van der Waals surface area contributed by atoms with Gasteiger partial charge in [0.15, 0.2) is 0 Å². The smallest absolute Gasteiger partial charge is 0.253 e. The molecule has 0 unspecified atom stereocenters. The Morgan fingerprint density at radius 1 is 0.962 bits per heavy atom. The fourth-order valence-electron chi connectivity index (χ4n) is 3.14. The molecule has 1 heterocycles. The van der Waals surface area contributed by atoms with Gasteiger partial charge >= 0.3 is 0 Å². The van der Waals surface area contributed by atoms with E-state index in [1.54, 1.807) is 0 Å². The van der Waals surface area contributed by atoms with Crippen LogP contribution in [-0.2, 0) is 0 Å². The average molecular weight is 352 g/mol. The van der Waals surface area contributed by atoms with Crippen molar-refractivity contribution in [2.75, 3.05) is 51.6 Å². The number of hydrogen-bond acceptors (Lipinski definition) is 4. The molecular weight excluding hydrogens is 324 g/mol. The predicted octanol–water partition coefficient (Wildman–Crippen LogP) is 2.80. The van der Waals surface area contributed by atoms with Crippen molar-refractivity contribution in [3.8, 4) is 0 Å². The number of carbonyl (C=O) groups excluding carboxylic acids is 1. The molecule has 0 aliphatic carbocycles. The quantitative estimate of drug-likeness (QED) is 0.753. The normalized spacial score (nSPS) is 15.6. The standard InChI is InChI=1S/C21H28N4O/c1-24-14-16-25(17-15-24)13-7-12-22-21(26)19-10-5-6-11-20(19)23-18-8-3-2-4-9-18/h2-6,8-11,23H,7,12-17H2,1H3,(H,22,26). The van der Waals surface area contributed by atoms with Crippen LogP contribution in [0.2, 0.25) is 0 Å². The van der Waals surface area contributed by atoms with Crippen LogP contribution in [0.1, 0.15) is 16.8 Å². The van der Waals surface area contributed by atoms with Gasteiger partial charge in [0, 0.05) is 38.4 Å². The Morgan fingerprint density at radius 3 is 2.42 bits per heavy atom. The number of nitrogens with one attached hydrogen (secondary N) is 2. The highest BCUT2D eigenvalue weighted by Crippen LogP contribution is 2.20. The van der Waals surface area contributed by atoms with Gasteiger partial charge in [-0.1, -0.05) is 30.3 Å². The number of carbonyl (C=O) groups is 1. The number of nitrogens with zero attached hydrogens (tertiary/aromatic N) is 2. The van der Waals surface area contributed by atoms with Crippen molar-refractivity contribution in [1.82, 2.24) is 15.1 Å². The zero-order valence-electron chi connectivity index (χ0n) is 15.4. The van der Waals surface area contributed by atoms with Crippen molar-refractivity contribution in [1.29, 1.82) is 0 Å². The summed E-state index contributed by atoms with van der Waals surface area (Å²) in [4.78, 5) is 17.4. The molecule has 3 rings (SSSR count). The molecule has 26 heavy (non-hydrogen) atoms. The molecule has 0 bridgehead atoms. The van der Waals surface area contributed by atoms with Crippen molar-refractivity contribution in [3.05, 3.63) is 60.2 Å². The molecule has 0 aromatic heterocycles. The number of rotatable bonds is 7. The van der Waals surface area contributed by atoms with Crippen molar-refractivity contribution < 1.29 is 4.79 Å². The highest BCUT2D eigenvalue weighted by atomic mass is 16.1. The van der Waals surface area contributed by atoms with E-state index in [9.17, 15) is 4.79 Å². The third-order valence-corrected chi connectivity index (χ3v) is 4.76. The van der Waals surface area contributed by atoms with Gasteiger partial charge in [0.05, 0.1) is 11.3 Å². The molecule has 2 aromatic carbocycles. The summed E-state index contributed by atoms with van der Waals surface area (Å²) in [7, 11) is 2.17. The largest absolute Gasteiger partial charge is 0.355 e. The summed E-state index contributed by atoms with van der Waals surface area (Å²) < 4.78 is 0. The van der Waals surface area contributed by atoms with E-state index < -0.39 is 0 Å². The number of piperazine rings is 1. The molecule has 0 radical (unpaired) electrons. The first-order valence-corrected chi connectivity index (χ1v) is 9.32. The zero-order chi connectivity index (χ0) is 18.2. The van der Waals surface area contributed by atoms with Gasteiger partial charge in [0.25, 0.3) is 5.91 Å². The Kier molecular flexibility index (Phi) is 6.63. The maximum atomic E-state index is 12.6. The topological polar surface area (TPSA) is 47.6 Å². The summed E-state index contributed by atoms with van der Waals surface area (Å²) in [5.41, 5.74) is 2.48. The minimum Gasteiger partial charge on any atom is -0.355 e. The Labute approximate surface area is 156 Å². The van der Waals surface area contributed by atoms with Crippen LogP contribution >= 0.6 is 0 Å². The molecule has 5 nitrogen and oxygen atoms in total. The summed E-state index contributed by atoms with van der Waals surface area (Å²) in [5, 5.41) is 6.38. The van der Waals surface area contributed by atoms with Crippen molar-refractivity contribution in [2.24, 2.45) is 0 Å². The van der Waals surface area contributed by atoms with Crippen LogP contribution in [0, 0.1) is 0 Å². The average Bonchev–Trinajstić information content (AvgIpc) is 2.68. The van der Waals surface area contributed by atoms with Crippen LogP contribution in [0.25, 0.3) is 0 Å². The summed E-state index contributed by atoms with van der Waals surface area (Å²) in [6.45, 7) is 6.24. The van der Waals surface area contributed by atoms with E-state index in [0.717, 1.165) is 50.5 Å². The number of para-hydroxylation sites is 2. The Bertz CT molecular complexity index is 696. The molecule has 1 aliphatic heterocycles. The lowest BCUT2D eigenvalue weighted by molar-refractivity contribution is 0.0950. The third kappa shape index (κ3) is 5.31. The Morgan fingerprint density at radius 2 is 1.65 bits per heavy atom. The molecule has 0 atom stereocenters. The van der Waals surface area contributed by atoms with E-state index in [4.69, 9.17) is 0 Å². The monoisotopic (exact) mass is 352 g/mol. The van der Waals surface area contributed by atoms with Crippen molar-refractivity contribution in [2.45, 2.75) is 6.42 Å². The van der Waals surface area contributed by atoms with E-state index in [1.165, 1.54) is 0 Å². The van der Waals surface area contributed by atoms with Gasteiger partial charge in [-0.2, -0.15) is 0 Å². The van der Waals surface area contributed by atoms with Crippen LogP contribution in [-0.4, -0.2) is 62.0 Å². The number of amides is 1. The van der Waals surface area contributed by atoms with Crippen LogP contribution in [0.15, 0.2) is 54.6 Å². The van der Waals surface area contributed by atoms with E-state index in [0.29, 0.717) is 12.1 Å². The second-order valence-electron chi connectivity index (χ2n) is 6.79. The molecule has 138 valence electrons. The van der Waals surface area contributed by atoms with Gasteiger partial charge < -0.3 is 20.4 Å². The van der Waals surface area contributed by atoms with E-state index in [2.05, 4.69) is 27.5 Å². The maximum absolute atomic E-state index is 12.6. The van der Waals surface area contributed by atoms with Gasteiger partial charge in [-0.15, -0.1) is 0 Å². The maximum Gasteiger partial charge on any atom is 0.253 e.